The molecule has 0 saturated heterocycles. The van der Waals surface area contributed by atoms with Gasteiger partial charge in [0.1, 0.15) is 0 Å². The molecule has 0 bridgehead atoms. The van der Waals surface area contributed by atoms with E-state index in [2.05, 4.69) is 172 Å². The number of aromatic nitrogens is 1. The summed E-state index contributed by atoms with van der Waals surface area (Å²) in [6.07, 6.45) is 24.8. The molecule has 1 atom stereocenters. The van der Waals surface area contributed by atoms with Gasteiger partial charge in [0.2, 0.25) is 0 Å². The molecule has 1 aliphatic carbocycles. The molecule has 0 aliphatic heterocycles. The van der Waals surface area contributed by atoms with Crippen molar-refractivity contribution in [2.24, 2.45) is 5.92 Å². The summed E-state index contributed by atoms with van der Waals surface area (Å²) in [5, 5.41) is 2.61. The molecule has 0 fully saturated rings. The van der Waals surface area contributed by atoms with Crippen LogP contribution in [-0.2, 0) is 6.42 Å². The van der Waals surface area contributed by atoms with Crippen molar-refractivity contribution in [1.29, 1.82) is 0 Å². The Morgan fingerprint density at radius 1 is 0.787 bits per heavy atom. The first-order chi connectivity index (χ1) is 23.1. The highest BCUT2D eigenvalue weighted by Crippen LogP contribution is 2.34. The maximum Gasteiger partial charge on any atom is 0.0273 e. The van der Waals surface area contributed by atoms with E-state index in [1.807, 2.05) is 12.4 Å². The molecule has 1 heterocycles. The summed E-state index contributed by atoms with van der Waals surface area (Å²) in [6, 6.07) is 32.9. The quantitative estimate of drug-likeness (QED) is 0.144. The van der Waals surface area contributed by atoms with Crippen LogP contribution in [0, 0.1) is 5.92 Å². The Kier molecular flexibility index (Phi) is 10.0. The highest BCUT2D eigenvalue weighted by atomic mass is 14.6. The molecule has 0 saturated carbocycles. The zero-order chi connectivity index (χ0) is 32.6. The number of nitrogens with zero attached hydrogens (tertiary/aromatic N) is 1. The fraction of sp³-hybridized carbons (Fsp3) is 0.152. The van der Waals surface area contributed by atoms with Crippen molar-refractivity contribution < 1.29 is 0 Å². The van der Waals surface area contributed by atoms with Gasteiger partial charge in [-0.3, -0.25) is 4.98 Å². The van der Waals surface area contributed by atoms with E-state index >= 15 is 0 Å². The molecule has 0 N–H and O–H groups in total. The molecular formula is C46H43N. The van der Waals surface area contributed by atoms with Crippen molar-refractivity contribution in [3.8, 4) is 33.4 Å². The van der Waals surface area contributed by atoms with Crippen molar-refractivity contribution in [3.63, 3.8) is 0 Å². The first kappa shape index (κ1) is 31.7. The number of fused-ring (bicyclic) bond motifs is 1. The summed E-state index contributed by atoms with van der Waals surface area (Å²) in [6.45, 7) is 11.0. The lowest BCUT2D eigenvalue weighted by molar-refractivity contribution is 0.801. The first-order valence-electron chi connectivity index (χ1n) is 16.8. The van der Waals surface area contributed by atoms with Gasteiger partial charge in [0.05, 0.1) is 0 Å². The summed E-state index contributed by atoms with van der Waals surface area (Å²) < 4.78 is 0. The Balaban J connectivity index is 1.58. The third kappa shape index (κ3) is 6.95. The number of rotatable bonds is 10. The molecule has 5 aromatic rings. The molecule has 47 heavy (non-hydrogen) atoms. The van der Waals surface area contributed by atoms with Crippen LogP contribution >= 0.6 is 0 Å². The molecule has 1 aliphatic rings. The second-order valence-corrected chi connectivity index (χ2v) is 12.2. The number of allylic oxidation sites excluding steroid dienone is 5. The van der Waals surface area contributed by atoms with E-state index in [9.17, 15) is 0 Å². The Bertz CT molecular complexity index is 2060. The first-order valence-corrected chi connectivity index (χ1v) is 16.8. The zero-order valence-corrected chi connectivity index (χ0v) is 27.8. The maximum atomic E-state index is 4.41. The molecule has 4 aromatic carbocycles. The van der Waals surface area contributed by atoms with E-state index in [0.29, 0.717) is 5.92 Å². The fourth-order valence-corrected chi connectivity index (χ4v) is 6.69. The van der Waals surface area contributed by atoms with Crippen LogP contribution in [0.5, 0.6) is 0 Å². The van der Waals surface area contributed by atoms with Crippen molar-refractivity contribution in [2.45, 2.75) is 40.0 Å². The van der Waals surface area contributed by atoms with E-state index in [1.54, 1.807) is 0 Å². The minimum absolute atomic E-state index is 0.452. The molecule has 1 unspecified atom stereocenters. The summed E-state index contributed by atoms with van der Waals surface area (Å²) in [5.41, 5.74) is 13.5. The Morgan fingerprint density at radius 3 is 2.09 bits per heavy atom. The van der Waals surface area contributed by atoms with Crippen LogP contribution in [-0.4, -0.2) is 4.98 Å². The minimum Gasteiger partial charge on any atom is -0.265 e. The van der Waals surface area contributed by atoms with Gasteiger partial charge in [-0.1, -0.05) is 148 Å². The van der Waals surface area contributed by atoms with Gasteiger partial charge in [0.15, 0.2) is 0 Å². The van der Waals surface area contributed by atoms with Crippen molar-refractivity contribution in [2.75, 3.05) is 0 Å². The molecule has 0 radical (unpaired) electrons. The highest BCUT2D eigenvalue weighted by molar-refractivity contribution is 5.91. The molecule has 1 heteroatoms. The van der Waals surface area contributed by atoms with E-state index in [4.69, 9.17) is 0 Å². The van der Waals surface area contributed by atoms with Crippen LogP contribution in [0.3, 0.4) is 0 Å². The highest BCUT2D eigenvalue weighted by Gasteiger charge is 2.20. The van der Waals surface area contributed by atoms with E-state index in [0.717, 1.165) is 19.3 Å². The van der Waals surface area contributed by atoms with Gasteiger partial charge in [-0.2, -0.15) is 0 Å². The van der Waals surface area contributed by atoms with Gasteiger partial charge in [0.25, 0.3) is 0 Å². The van der Waals surface area contributed by atoms with Crippen LogP contribution in [0.1, 0.15) is 55.9 Å². The molecule has 0 amide bonds. The smallest absolute Gasteiger partial charge is 0.0273 e. The third-order valence-corrected chi connectivity index (χ3v) is 8.95. The van der Waals surface area contributed by atoms with E-state index in [-0.39, 0.29) is 0 Å². The Morgan fingerprint density at radius 2 is 1.43 bits per heavy atom. The largest absolute Gasteiger partial charge is 0.265 e. The standard InChI is InChI=1S/C46H43N/c1-5-12-35(13-6-2)36-19-23-39(24-20-36)45-41(7-3)42(17-11-16-34-14-9-8-10-15-34)46(43-27-18-33(4)32-44(43)45)40-25-21-37(22-26-40)38-28-30-47-31-29-38/h5,7-15,17,19-33H,3,6,16,18H2,1-2,4H3/b12-5-,17-11-,35-13+. The van der Waals surface area contributed by atoms with Crippen molar-refractivity contribution >= 4 is 29.9 Å². The molecule has 1 nitrogen and oxygen atoms in total. The van der Waals surface area contributed by atoms with Crippen LogP contribution in [0.2, 0.25) is 0 Å². The van der Waals surface area contributed by atoms with Gasteiger partial charge in [-0.05, 0) is 116 Å². The monoisotopic (exact) mass is 609 g/mol. The lowest BCUT2D eigenvalue weighted by Gasteiger charge is -2.22. The lowest BCUT2D eigenvalue weighted by atomic mass is 9.82. The van der Waals surface area contributed by atoms with Gasteiger partial charge >= 0.3 is 0 Å². The van der Waals surface area contributed by atoms with E-state index < -0.39 is 0 Å². The van der Waals surface area contributed by atoms with E-state index in [1.165, 1.54) is 71.6 Å². The number of benzene rings is 4. The van der Waals surface area contributed by atoms with Crippen LogP contribution in [0.25, 0.3) is 63.3 Å². The molecule has 1 aromatic heterocycles. The summed E-state index contributed by atoms with van der Waals surface area (Å²) in [7, 11) is 0. The number of pyridine rings is 1. The van der Waals surface area contributed by atoms with Gasteiger partial charge in [0, 0.05) is 12.4 Å². The molecule has 232 valence electrons. The third-order valence-electron chi connectivity index (χ3n) is 8.95. The minimum atomic E-state index is 0.452. The summed E-state index contributed by atoms with van der Waals surface area (Å²) in [5.74, 6) is 0.452. The Labute approximate surface area is 280 Å². The Hall–Kier alpha value is -5.27. The molecule has 6 rings (SSSR count). The maximum absolute atomic E-state index is 4.41. The topological polar surface area (TPSA) is 12.9 Å². The molecule has 0 spiro atoms. The van der Waals surface area contributed by atoms with Gasteiger partial charge < -0.3 is 0 Å². The van der Waals surface area contributed by atoms with Crippen LogP contribution < -0.4 is 10.4 Å². The summed E-state index contributed by atoms with van der Waals surface area (Å²) >= 11 is 0. The second-order valence-electron chi connectivity index (χ2n) is 12.2. The lowest BCUT2D eigenvalue weighted by Crippen LogP contribution is -2.34. The average Bonchev–Trinajstić information content (AvgIpc) is 3.12. The SMILES string of the molecule is C=Cc1c(/C=C\Cc2ccccc2)c(-c2ccc(-c3ccncc3)cc2)c2c(c1-c1ccc(C(/C=C\C)=C/CC)cc1)=CC(C)CC=2. The number of hydrogen-bond acceptors (Lipinski definition) is 1. The fourth-order valence-electron chi connectivity index (χ4n) is 6.69. The molecular weight excluding hydrogens is 567 g/mol. The van der Waals surface area contributed by atoms with Crippen molar-refractivity contribution in [3.05, 3.63) is 167 Å². The van der Waals surface area contributed by atoms with Gasteiger partial charge in [-0.15, -0.1) is 0 Å². The van der Waals surface area contributed by atoms with Crippen LogP contribution in [0.15, 0.2) is 134 Å². The average molecular weight is 610 g/mol. The predicted octanol–water partition coefficient (Wildman–Crippen LogP) is 11.0. The summed E-state index contributed by atoms with van der Waals surface area (Å²) in [4.78, 5) is 4.20. The van der Waals surface area contributed by atoms with Crippen LogP contribution in [0.4, 0.5) is 0 Å². The predicted molar refractivity (Wildman–Crippen MR) is 205 cm³/mol. The van der Waals surface area contributed by atoms with Crippen molar-refractivity contribution in [1.82, 2.24) is 4.98 Å². The zero-order valence-electron chi connectivity index (χ0n) is 27.8. The number of hydrogen-bond donors (Lipinski definition) is 0. The second kappa shape index (κ2) is 14.9. The van der Waals surface area contributed by atoms with Gasteiger partial charge in [-0.25, -0.2) is 0 Å². The normalized spacial score (nSPS) is 14.5.